The van der Waals surface area contributed by atoms with E-state index in [0.717, 1.165) is 0 Å². The van der Waals surface area contributed by atoms with Crippen LogP contribution in [0.25, 0.3) is 5.65 Å². The Morgan fingerprint density at radius 1 is 1.30 bits per heavy atom. The fourth-order valence-electron chi connectivity index (χ4n) is 4.46. The van der Waals surface area contributed by atoms with Crippen molar-refractivity contribution >= 4 is 23.3 Å². The zero-order valence-corrected chi connectivity index (χ0v) is 17.5. The molecular formula is C20H24F4N6O3. The van der Waals surface area contributed by atoms with Crippen molar-refractivity contribution in [3.8, 4) is 0 Å². The van der Waals surface area contributed by atoms with Gasteiger partial charge >= 0.3 is 6.09 Å². The molecular weight excluding hydrogens is 448 g/mol. The lowest BCUT2D eigenvalue weighted by Gasteiger charge is -2.31. The number of carbonyl (C=O) groups is 2. The molecule has 33 heavy (non-hydrogen) atoms. The average molecular weight is 472 g/mol. The normalized spacial score (nSPS) is 23.8. The lowest BCUT2D eigenvalue weighted by molar-refractivity contribution is -0.136. The number of nitrogens with zero attached hydrogens (tertiary/aromatic N) is 3. The van der Waals surface area contributed by atoms with Crippen LogP contribution >= 0.6 is 0 Å². The van der Waals surface area contributed by atoms with E-state index in [1.54, 1.807) is 0 Å². The molecule has 0 spiro atoms. The molecule has 5 N–H and O–H groups in total. The Morgan fingerprint density at radius 2 is 2.00 bits per heavy atom. The SMILES string of the molecule is N[C@H](c1cn2nc(CC3CC(F)(F)CNC3=O)c(NC(=O)O)cc2n1)C1CCC(F)(F)CC1. The van der Waals surface area contributed by atoms with Crippen LogP contribution in [0, 0.1) is 11.8 Å². The van der Waals surface area contributed by atoms with Crippen LogP contribution in [0.2, 0.25) is 0 Å². The smallest absolute Gasteiger partial charge is 0.409 e. The van der Waals surface area contributed by atoms with Crippen LogP contribution in [0.3, 0.4) is 0 Å². The Bertz CT molecular complexity index is 1070. The van der Waals surface area contributed by atoms with Crippen LogP contribution in [0.4, 0.5) is 28.0 Å². The van der Waals surface area contributed by atoms with Crippen molar-refractivity contribution in [3.05, 3.63) is 23.7 Å². The molecule has 3 heterocycles. The van der Waals surface area contributed by atoms with Crippen molar-refractivity contribution in [1.29, 1.82) is 0 Å². The van der Waals surface area contributed by atoms with Gasteiger partial charge in [-0.3, -0.25) is 10.1 Å². The number of hydrogen-bond donors (Lipinski definition) is 4. The molecule has 0 aromatic carbocycles. The van der Waals surface area contributed by atoms with Crippen LogP contribution in [0.1, 0.15) is 49.5 Å². The monoisotopic (exact) mass is 472 g/mol. The van der Waals surface area contributed by atoms with Gasteiger partial charge in [0.1, 0.15) is 0 Å². The average Bonchev–Trinajstić information content (AvgIpc) is 3.12. The molecule has 4 rings (SSSR count). The number of hydrogen-bond acceptors (Lipinski definition) is 5. The molecule has 13 heteroatoms. The molecule has 2 atom stereocenters. The third-order valence-electron chi connectivity index (χ3n) is 6.28. The summed E-state index contributed by atoms with van der Waals surface area (Å²) in [5.41, 5.74) is 7.03. The first-order valence-corrected chi connectivity index (χ1v) is 10.6. The van der Waals surface area contributed by atoms with Gasteiger partial charge in [-0.25, -0.2) is 31.9 Å². The molecule has 0 bridgehead atoms. The number of nitrogens with two attached hydrogens (primary N) is 1. The molecule has 0 radical (unpaired) electrons. The highest BCUT2D eigenvalue weighted by Crippen LogP contribution is 2.40. The summed E-state index contributed by atoms with van der Waals surface area (Å²) in [7, 11) is 0. The first kappa shape index (κ1) is 23.2. The number of rotatable bonds is 5. The molecule has 1 saturated heterocycles. The van der Waals surface area contributed by atoms with E-state index in [2.05, 4.69) is 20.7 Å². The number of amides is 2. The van der Waals surface area contributed by atoms with Gasteiger partial charge in [-0.2, -0.15) is 5.10 Å². The Labute approximate surface area is 185 Å². The summed E-state index contributed by atoms with van der Waals surface area (Å²) in [6.07, 6.45) is -0.788. The van der Waals surface area contributed by atoms with E-state index in [9.17, 15) is 27.2 Å². The van der Waals surface area contributed by atoms with Gasteiger partial charge in [-0.05, 0) is 18.8 Å². The minimum Gasteiger partial charge on any atom is -0.465 e. The maximum absolute atomic E-state index is 13.8. The number of carboxylic acid groups (broad SMARTS) is 1. The number of nitrogens with one attached hydrogen (secondary N) is 2. The number of aromatic nitrogens is 3. The van der Waals surface area contributed by atoms with Gasteiger partial charge in [0.25, 0.3) is 5.92 Å². The highest BCUT2D eigenvalue weighted by Gasteiger charge is 2.41. The van der Waals surface area contributed by atoms with Gasteiger partial charge in [0.05, 0.1) is 35.9 Å². The van der Waals surface area contributed by atoms with Gasteiger partial charge in [-0.1, -0.05) is 0 Å². The van der Waals surface area contributed by atoms with Crippen molar-refractivity contribution in [2.45, 2.75) is 56.4 Å². The molecule has 180 valence electrons. The molecule has 2 aromatic heterocycles. The molecule has 2 amide bonds. The summed E-state index contributed by atoms with van der Waals surface area (Å²) in [5, 5.41) is 17.8. The Morgan fingerprint density at radius 3 is 2.67 bits per heavy atom. The fraction of sp³-hybridized carbons (Fsp3) is 0.600. The van der Waals surface area contributed by atoms with E-state index >= 15 is 0 Å². The molecule has 1 unspecified atom stereocenters. The van der Waals surface area contributed by atoms with E-state index in [1.165, 1.54) is 16.8 Å². The van der Waals surface area contributed by atoms with Crippen molar-refractivity contribution in [2.24, 2.45) is 17.6 Å². The van der Waals surface area contributed by atoms with Crippen LogP contribution < -0.4 is 16.4 Å². The Balaban J connectivity index is 1.61. The number of halogens is 4. The van der Waals surface area contributed by atoms with E-state index < -0.39 is 48.8 Å². The van der Waals surface area contributed by atoms with Crippen molar-refractivity contribution < 1.29 is 32.3 Å². The highest BCUT2D eigenvalue weighted by molar-refractivity contribution is 5.85. The summed E-state index contributed by atoms with van der Waals surface area (Å²) in [5.74, 6) is -7.62. The van der Waals surface area contributed by atoms with E-state index in [-0.39, 0.29) is 55.1 Å². The predicted molar refractivity (Wildman–Crippen MR) is 108 cm³/mol. The van der Waals surface area contributed by atoms with E-state index in [0.29, 0.717) is 5.69 Å². The highest BCUT2D eigenvalue weighted by atomic mass is 19.3. The maximum Gasteiger partial charge on any atom is 0.409 e. The molecule has 2 fully saturated rings. The van der Waals surface area contributed by atoms with E-state index in [4.69, 9.17) is 10.8 Å². The van der Waals surface area contributed by atoms with Crippen molar-refractivity contribution in [1.82, 2.24) is 19.9 Å². The quantitative estimate of drug-likeness (QED) is 0.495. The number of fused-ring (bicyclic) bond motifs is 1. The summed E-state index contributed by atoms with van der Waals surface area (Å²) >= 11 is 0. The van der Waals surface area contributed by atoms with Gasteiger partial charge < -0.3 is 16.2 Å². The molecule has 9 nitrogen and oxygen atoms in total. The number of imidazole rings is 1. The number of anilines is 1. The molecule has 1 saturated carbocycles. The summed E-state index contributed by atoms with van der Waals surface area (Å²) in [4.78, 5) is 27.7. The van der Waals surface area contributed by atoms with Crippen molar-refractivity contribution in [3.63, 3.8) is 0 Å². The predicted octanol–water partition coefficient (Wildman–Crippen LogP) is 2.96. The third kappa shape index (κ3) is 5.18. The van der Waals surface area contributed by atoms with Crippen LogP contribution in [-0.2, 0) is 11.2 Å². The standard InChI is InChI=1S/C20H24F4N6O3/c21-19(22)3-1-10(2-4-19)16(25)14-8-30-15(27-14)6-12(28-18(32)33)13(29-30)5-11-7-20(23,24)9-26-17(11)31/h6,8,10-11,16,28H,1-5,7,9,25H2,(H,26,31)(H,32,33)/t11?,16-/m0/s1. The van der Waals surface area contributed by atoms with Crippen LogP contribution in [0.15, 0.2) is 12.3 Å². The molecule has 2 aromatic rings. The minimum atomic E-state index is -3.07. The van der Waals surface area contributed by atoms with E-state index in [1.807, 2.05) is 0 Å². The second-order valence-electron chi connectivity index (χ2n) is 8.80. The largest absolute Gasteiger partial charge is 0.465 e. The van der Waals surface area contributed by atoms with Crippen molar-refractivity contribution in [2.75, 3.05) is 11.9 Å². The Kier molecular flexibility index (Phi) is 5.93. The second-order valence-corrected chi connectivity index (χ2v) is 8.80. The zero-order chi connectivity index (χ0) is 24.0. The van der Waals surface area contributed by atoms with Gasteiger partial charge in [0.2, 0.25) is 11.8 Å². The lowest BCUT2D eigenvalue weighted by Crippen LogP contribution is -2.48. The van der Waals surface area contributed by atoms with Gasteiger partial charge in [-0.15, -0.1) is 0 Å². The van der Waals surface area contributed by atoms with Crippen LogP contribution in [0.5, 0.6) is 0 Å². The number of carbonyl (C=O) groups excluding carboxylic acids is 1. The summed E-state index contributed by atoms with van der Waals surface area (Å²) < 4.78 is 55.9. The topological polar surface area (TPSA) is 135 Å². The molecule has 1 aliphatic carbocycles. The minimum absolute atomic E-state index is 0.0136. The number of alkyl halides is 4. The summed E-state index contributed by atoms with van der Waals surface area (Å²) in [6, 6.07) is 0.755. The molecule has 1 aliphatic heterocycles. The van der Waals surface area contributed by atoms with Gasteiger partial charge in [0.15, 0.2) is 5.65 Å². The van der Waals surface area contributed by atoms with Crippen LogP contribution in [-0.4, -0.2) is 50.1 Å². The fourth-order valence-corrected chi connectivity index (χ4v) is 4.46. The summed E-state index contributed by atoms with van der Waals surface area (Å²) in [6.45, 7) is -0.745. The maximum atomic E-state index is 13.8. The first-order chi connectivity index (χ1) is 15.4. The lowest BCUT2D eigenvalue weighted by atomic mass is 9.81. The Hall–Kier alpha value is -2.96. The first-order valence-electron chi connectivity index (χ1n) is 10.6. The van der Waals surface area contributed by atoms with Gasteiger partial charge in [0, 0.05) is 37.7 Å². The number of piperidine rings is 1. The molecule has 2 aliphatic rings. The third-order valence-corrected chi connectivity index (χ3v) is 6.28. The zero-order valence-electron chi connectivity index (χ0n) is 17.5. The second kappa shape index (κ2) is 8.43.